The number of anilines is 2. The van der Waals surface area contributed by atoms with Crippen LogP contribution in [0.2, 0.25) is 0 Å². The number of esters is 2. The Morgan fingerprint density at radius 2 is 1.50 bits per heavy atom. The van der Waals surface area contributed by atoms with Gasteiger partial charge < -0.3 is 20.1 Å². The summed E-state index contributed by atoms with van der Waals surface area (Å²) in [7, 11) is 0. The van der Waals surface area contributed by atoms with Crippen LogP contribution in [0.1, 0.15) is 81.3 Å². The Morgan fingerprint density at radius 3 is 2.12 bits per heavy atom. The van der Waals surface area contributed by atoms with Crippen molar-refractivity contribution in [3.63, 3.8) is 0 Å². The van der Waals surface area contributed by atoms with Crippen LogP contribution in [0.5, 0.6) is 0 Å². The topological polar surface area (TPSA) is 185 Å². The van der Waals surface area contributed by atoms with E-state index < -0.39 is 59.4 Å². The number of benzene rings is 2. The highest BCUT2D eigenvalue weighted by Crippen LogP contribution is 2.24. The van der Waals surface area contributed by atoms with Gasteiger partial charge in [-0.15, -0.1) is 11.3 Å². The molecule has 5 amide bonds. The highest BCUT2D eigenvalue weighted by molar-refractivity contribution is 7.14. The molecule has 1 atom stereocenters. The summed E-state index contributed by atoms with van der Waals surface area (Å²) in [5.41, 5.74) is 1.22. The monoisotopic (exact) mass is 680 g/mol. The molecule has 0 saturated heterocycles. The maximum absolute atomic E-state index is 14.1. The van der Waals surface area contributed by atoms with Crippen molar-refractivity contribution in [2.75, 3.05) is 10.3 Å². The Hall–Kier alpha value is -5.31. The number of urea groups is 1. The van der Waals surface area contributed by atoms with Crippen molar-refractivity contribution >= 4 is 57.8 Å². The summed E-state index contributed by atoms with van der Waals surface area (Å²) in [6.45, 7) is 11.4. The van der Waals surface area contributed by atoms with E-state index >= 15 is 0 Å². The van der Waals surface area contributed by atoms with E-state index in [0.29, 0.717) is 0 Å². The van der Waals surface area contributed by atoms with Crippen molar-refractivity contribution in [1.29, 1.82) is 0 Å². The van der Waals surface area contributed by atoms with Gasteiger partial charge >= 0.3 is 18.0 Å². The number of thiazole rings is 1. The van der Waals surface area contributed by atoms with E-state index in [-0.39, 0.29) is 28.6 Å². The average Bonchev–Trinajstić information content (AvgIpc) is 3.45. The number of carbonyl (C=O) groups excluding carboxylic acids is 6. The number of amides is 5. The van der Waals surface area contributed by atoms with E-state index in [9.17, 15) is 28.8 Å². The lowest BCUT2D eigenvalue weighted by Gasteiger charge is -2.29. The van der Waals surface area contributed by atoms with Crippen molar-refractivity contribution in [2.45, 2.75) is 78.7 Å². The maximum atomic E-state index is 14.1. The Bertz CT molecular complexity index is 1650. The number of hydrogen-bond donors (Lipinski definition) is 4. The molecule has 0 bridgehead atoms. The van der Waals surface area contributed by atoms with E-state index in [1.165, 1.54) is 23.6 Å². The Balaban J connectivity index is 1.87. The van der Waals surface area contributed by atoms with E-state index in [4.69, 9.17) is 9.47 Å². The molecule has 256 valence electrons. The number of carbonyl (C=O) groups is 6. The van der Waals surface area contributed by atoms with Gasteiger partial charge in [0.15, 0.2) is 5.13 Å². The van der Waals surface area contributed by atoms with Gasteiger partial charge in [-0.2, -0.15) is 0 Å². The van der Waals surface area contributed by atoms with Gasteiger partial charge in [0.05, 0.1) is 17.7 Å². The number of nitrogens with one attached hydrogen (secondary N) is 4. The first kappa shape index (κ1) is 37.2. The molecule has 0 spiro atoms. The summed E-state index contributed by atoms with van der Waals surface area (Å²) in [6.07, 6.45) is -0.635. The fourth-order valence-electron chi connectivity index (χ4n) is 4.06. The Kier molecular flexibility index (Phi) is 12.4. The standard InChI is InChI=1S/C33H40N6O8S/c1-20(40)38-39(25-16-12-11-15-22(25)29(44)47-33(5,6)7)28(43)23(17-26(41)46-32(2,3)4)35-27(42)24-19-48-31(36-24)37-30(45)34-18-21-13-9-8-10-14-21/h8-16,19,23H,17-18H2,1-7H3,(H,35,42)(H,38,40)(H2,34,36,37,45)/t23-/m0/s1. The van der Waals surface area contributed by atoms with Crippen LogP contribution >= 0.6 is 11.3 Å². The number of hydrogen-bond acceptors (Lipinski definition) is 10. The molecule has 48 heavy (non-hydrogen) atoms. The SMILES string of the molecule is CC(=O)NN(C(=O)[C@H](CC(=O)OC(C)(C)C)NC(=O)c1csc(NC(=O)NCc2ccccc2)n1)c1ccccc1C(=O)OC(C)(C)C. The van der Waals surface area contributed by atoms with Crippen LogP contribution in [-0.4, -0.2) is 57.9 Å². The highest BCUT2D eigenvalue weighted by Gasteiger charge is 2.34. The predicted octanol–water partition coefficient (Wildman–Crippen LogP) is 4.33. The number of ether oxygens (including phenoxy) is 2. The fourth-order valence-corrected chi connectivity index (χ4v) is 4.74. The first-order chi connectivity index (χ1) is 22.4. The summed E-state index contributed by atoms with van der Waals surface area (Å²) >= 11 is 0.967. The first-order valence-corrected chi connectivity index (χ1v) is 15.8. The molecule has 15 heteroatoms. The molecule has 2 aromatic carbocycles. The van der Waals surface area contributed by atoms with Crippen LogP contribution in [-0.2, 0) is 30.4 Å². The molecule has 0 fully saturated rings. The minimum Gasteiger partial charge on any atom is -0.460 e. The number of para-hydroxylation sites is 1. The van der Waals surface area contributed by atoms with Gasteiger partial charge in [0.25, 0.3) is 11.8 Å². The molecule has 4 N–H and O–H groups in total. The van der Waals surface area contributed by atoms with Crippen LogP contribution in [0.3, 0.4) is 0 Å². The van der Waals surface area contributed by atoms with E-state index in [0.717, 1.165) is 28.8 Å². The molecule has 3 rings (SSSR count). The van der Waals surface area contributed by atoms with Gasteiger partial charge in [-0.3, -0.25) is 29.9 Å². The number of nitrogens with zero attached hydrogens (tertiary/aromatic N) is 2. The molecule has 0 aliphatic heterocycles. The summed E-state index contributed by atoms with van der Waals surface area (Å²) in [5.74, 6) is -4.09. The lowest BCUT2D eigenvalue weighted by molar-refractivity contribution is -0.156. The molecule has 0 aliphatic carbocycles. The summed E-state index contributed by atoms with van der Waals surface area (Å²) in [4.78, 5) is 82.3. The molecule has 14 nitrogen and oxygen atoms in total. The molecular formula is C33H40N6O8S. The molecule has 0 unspecified atom stereocenters. The molecule has 0 saturated carbocycles. The largest absolute Gasteiger partial charge is 0.460 e. The van der Waals surface area contributed by atoms with Crippen LogP contribution in [0.4, 0.5) is 15.6 Å². The molecule has 3 aromatic rings. The van der Waals surface area contributed by atoms with Gasteiger partial charge in [0.1, 0.15) is 22.9 Å². The van der Waals surface area contributed by atoms with E-state index in [2.05, 4.69) is 26.4 Å². The minimum absolute atomic E-state index is 0.0578. The smallest absolute Gasteiger partial charge is 0.340 e. The number of aromatic nitrogens is 1. The lowest BCUT2D eigenvalue weighted by atomic mass is 10.1. The summed E-state index contributed by atoms with van der Waals surface area (Å²) in [5, 5.41) is 9.98. The molecule has 0 aliphatic rings. The molecule has 1 aromatic heterocycles. The normalized spacial score (nSPS) is 11.8. The van der Waals surface area contributed by atoms with Crippen molar-refractivity contribution in [3.8, 4) is 0 Å². The third-order valence-corrected chi connectivity index (χ3v) is 6.66. The zero-order valence-corrected chi connectivity index (χ0v) is 28.7. The quantitative estimate of drug-likeness (QED) is 0.179. The van der Waals surface area contributed by atoms with E-state index in [1.54, 1.807) is 47.6 Å². The number of hydrazine groups is 1. The van der Waals surface area contributed by atoms with Crippen molar-refractivity contribution in [3.05, 3.63) is 76.8 Å². The van der Waals surface area contributed by atoms with Gasteiger partial charge in [0, 0.05) is 18.8 Å². The summed E-state index contributed by atoms with van der Waals surface area (Å²) < 4.78 is 10.9. The van der Waals surface area contributed by atoms with Crippen molar-refractivity contribution < 1.29 is 38.2 Å². The predicted molar refractivity (Wildman–Crippen MR) is 179 cm³/mol. The maximum Gasteiger partial charge on any atom is 0.340 e. The third-order valence-electron chi connectivity index (χ3n) is 5.90. The van der Waals surface area contributed by atoms with Crippen molar-refractivity contribution in [1.82, 2.24) is 21.0 Å². The van der Waals surface area contributed by atoms with Gasteiger partial charge in [-0.05, 0) is 59.2 Å². The van der Waals surface area contributed by atoms with Crippen LogP contribution in [0, 0.1) is 0 Å². The van der Waals surface area contributed by atoms with E-state index in [1.807, 2.05) is 30.3 Å². The molecule has 0 radical (unpaired) electrons. The van der Waals surface area contributed by atoms with Gasteiger partial charge in [-0.25, -0.2) is 19.6 Å². The van der Waals surface area contributed by atoms with Gasteiger partial charge in [0.2, 0.25) is 5.91 Å². The number of rotatable bonds is 10. The Morgan fingerprint density at radius 1 is 0.875 bits per heavy atom. The van der Waals surface area contributed by atoms with Gasteiger partial charge in [-0.1, -0.05) is 42.5 Å². The first-order valence-electron chi connectivity index (χ1n) is 14.9. The van der Waals surface area contributed by atoms with Crippen LogP contribution in [0.25, 0.3) is 0 Å². The average molecular weight is 681 g/mol. The van der Waals surface area contributed by atoms with Crippen LogP contribution in [0.15, 0.2) is 60.0 Å². The lowest BCUT2D eigenvalue weighted by Crippen LogP contribution is -2.56. The molecular weight excluding hydrogens is 640 g/mol. The van der Waals surface area contributed by atoms with Crippen LogP contribution < -0.4 is 26.4 Å². The third kappa shape index (κ3) is 11.8. The highest BCUT2D eigenvalue weighted by atomic mass is 32.1. The summed E-state index contributed by atoms with van der Waals surface area (Å²) in [6, 6.07) is 13.0. The fraction of sp³-hybridized carbons (Fsp3) is 0.364. The second-order valence-corrected chi connectivity index (χ2v) is 13.4. The zero-order chi connectivity index (χ0) is 35.6. The second-order valence-electron chi connectivity index (χ2n) is 12.5. The Labute approximate surface area is 282 Å². The molecule has 1 heterocycles. The second kappa shape index (κ2) is 16.0. The van der Waals surface area contributed by atoms with Crippen molar-refractivity contribution in [2.24, 2.45) is 0 Å². The zero-order valence-electron chi connectivity index (χ0n) is 27.8. The minimum atomic E-state index is -1.60.